The van der Waals surface area contributed by atoms with Crippen LogP contribution in [0.15, 0.2) is 60.7 Å². The Bertz CT molecular complexity index is 824. The van der Waals surface area contributed by atoms with Crippen molar-refractivity contribution in [2.24, 2.45) is 0 Å². The lowest BCUT2D eigenvalue weighted by Crippen LogP contribution is -2.06. The van der Waals surface area contributed by atoms with Crippen LogP contribution >= 0.6 is 0 Å². The maximum absolute atomic E-state index is 11.2. The van der Waals surface area contributed by atoms with Crippen molar-refractivity contribution < 1.29 is 9.90 Å². The van der Waals surface area contributed by atoms with Crippen molar-refractivity contribution in [3.63, 3.8) is 0 Å². The average molecular weight is 305 g/mol. The van der Waals surface area contributed by atoms with Crippen LogP contribution < -0.4 is 0 Å². The summed E-state index contributed by atoms with van der Waals surface area (Å²) < 4.78 is 1.52. The van der Waals surface area contributed by atoms with Crippen LogP contribution in [-0.4, -0.2) is 26.1 Å². The van der Waals surface area contributed by atoms with Crippen LogP contribution in [0.4, 0.5) is 0 Å². The second kappa shape index (κ2) is 6.70. The van der Waals surface area contributed by atoms with Crippen molar-refractivity contribution in [1.82, 2.24) is 15.0 Å². The minimum absolute atomic E-state index is 0.143. The Hall–Kier alpha value is -3.21. The number of hydrogen-bond donors (Lipinski definition) is 1. The molecule has 0 aliphatic heterocycles. The van der Waals surface area contributed by atoms with Gasteiger partial charge in [0.15, 0.2) is 0 Å². The number of carbonyl (C=O) groups is 1. The number of carboxylic acids is 1. The molecule has 0 bridgehead atoms. The van der Waals surface area contributed by atoms with Gasteiger partial charge < -0.3 is 5.11 Å². The molecule has 5 heteroatoms. The van der Waals surface area contributed by atoms with E-state index in [1.54, 1.807) is 6.20 Å². The first-order valence-corrected chi connectivity index (χ1v) is 7.18. The van der Waals surface area contributed by atoms with Gasteiger partial charge in [-0.3, -0.25) is 4.79 Å². The molecule has 0 aliphatic rings. The van der Waals surface area contributed by atoms with Gasteiger partial charge in [-0.2, -0.15) is 0 Å². The van der Waals surface area contributed by atoms with E-state index in [9.17, 15) is 9.90 Å². The van der Waals surface area contributed by atoms with E-state index < -0.39 is 5.97 Å². The van der Waals surface area contributed by atoms with E-state index >= 15 is 0 Å². The van der Waals surface area contributed by atoms with Crippen LogP contribution in [0, 0.1) is 0 Å². The molecule has 2 aromatic carbocycles. The van der Waals surface area contributed by atoms with Crippen molar-refractivity contribution in [3.8, 4) is 11.3 Å². The number of hydrogen-bond acceptors (Lipinski definition) is 3. The van der Waals surface area contributed by atoms with E-state index in [4.69, 9.17) is 0 Å². The normalized spacial score (nSPS) is 11.0. The lowest BCUT2D eigenvalue weighted by Gasteiger charge is -2.02. The van der Waals surface area contributed by atoms with E-state index in [2.05, 4.69) is 10.3 Å². The first-order chi connectivity index (χ1) is 11.2. The molecule has 0 atom stereocenters. The molecule has 0 unspecified atom stereocenters. The van der Waals surface area contributed by atoms with Crippen LogP contribution in [0.3, 0.4) is 0 Å². The van der Waals surface area contributed by atoms with E-state index in [1.165, 1.54) is 4.68 Å². The molecule has 1 N–H and O–H groups in total. The zero-order valence-corrected chi connectivity index (χ0v) is 12.3. The number of benzene rings is 2. The molecule has 3 aromatic rings. The molecule has 0 fully saturated rings. The van der Waals surface area contributed by atoms with Crippen molar-refractivity contribution >= 4 is 18.2 Å². The highest BCUT2D eigenvalue weighted by atomic mass is 16.4. The largest absolute Gasteiger partial charge is 0.481 e. The summed E-state index contributed by atoms with van der Waals surface area (Å²) in [6.07, 6.45) is 3.46. The van der Waals surface area contributed by atoms with Gasteiger partial charge in [0.25, 0.3) is 0 Å². The molecule has 0 saturated carbocycles. The van der Waals surface area contributed by atoms with Gasteiger partial charge >= 0.3 is 5.97 Å². The van der Waals surface area contributed by atoms with E-state index in [0.29, 0.717) is 11.4 Å². The van der Waals surface area contributed by atoms with Crippen LogP contribution in [0.25, 0.3) is 23.5 Å². The van der Waals surface area contributed by atoms with Gasteiger partial charge in [0, 0.05) is 11.8 Å². The summed E-state index contributed by atoms with van der Waals surface area (Å²) >= 11 is 0. The van der Waals surface area contributed by atoms with Crippen LogP contribution in [0.5, 0.6) is 0 Å². The minimum atomic E-state index is -0.918. The van der Waals surface area contributed by atoms with Gasteiger partial charge in [-0.15, -0.1) is 5.10 Å². The molecule has 0 aliphatic carbocycles. The van der Waals surface area contributed by atoms with Crippen molar-refractivity contribution in [1.29, 1.82) is 0 Å². The smallest absolute Gasteiger partial charge is 0.309 e. The lowest BCUT2D eigenvalue weighted by molar-refractivity contribution is -0.136. The second-order valence-electron chi connectivity index (χ2n) is 4.99. The van der Waals surface area contributed by atoms with Gasteiger partial charge in [0.2, 0.25) is 0 Å². The summed E-state index contributed by atoms with van der Waals surface area (Å²) in [5.74, 6) is -0.918. The molecule has 114 valence electrons. The minimum Gasteiger partial charge on any atom is -0.481 e. The van der Waals surface area contributed by atoms with Crippen molar-refractivity contribution in [2.75, 3.05) is 0 Å². The second-order valence-corrected chi connectivity index (χ2v) is 4.99. The van der Waals surface area contributed by atoms with E-state index in [1.807, 2.05) is 66.7 Å². The fourth-order valence-corrected chi connectivity index (χ4v) is 2.28. The molecule has 0 saturated heterocycles. The quantitative estimate of drug-likeness (QED) is 0.786. The van der Waals surface area contributed by atoms with Gasteiger partial charge in [-0.1, -0.05) is 65.9 Å². The zero-order valence-electron chi connectivity index (χ0n) is 12.3. The zero-order chi connectivity index (χ0) is 16.1. The predicted octanol–water partition coefficient (Wildman–Crippen LogP) is 3.20. The van der Waals surface area contributed by atoms with Gasteiger partial charge in [0.05, 0.1) is 12.1 Å². The SMILES string of the molecule is O=C(O)Cc1c(-c2ccccc2)nnn1C=Cc1ccccc1. The third-order valence-corrected chi connectivity index (χ3v) is 3.36. The molecule has 1 aromatic heterocycles. The first-order valence-electron chi connectivity index (χ1n) is 7.18. The van der Waals surface area contributed by atoms with Crippen LogP contribution in [0.1, 0.15) is 11.3 Å². The van der Waals surface area contributed by atoms with Gasteiger partial charge in [-0.05, 0) is 11.6 Å². The van der Waals surface area contributed by atoms with Gasteiger partial charge in [0.1, 0.15) is 5.69 Å². The number of carboxylic acid groups (broad SMARTS) is 1. The summed E-state index contributed by atoms with van der Waals surface area (Å²) in [5, 5.41) is 17.4. The van der Waals surface area contributed by atoms with Crippen molar-refractivity contribution in [2.45, 2.75) is 6.42 Å². The third-order valence-electron chi connectivity index (χ3n) is 3.36. The van der Waals surface area contributed by atoms with Gasteiger partial charge in [-0.25, -0.2) is 4.68 Å². The summed E-state index contributed by atoms with van der Waals surface area (Å²) in [4.78, 5) is 11.2. The van der Waals surface area contributed by atoms with E-state index in [-0.39, 0.29) is 6.42 Å². The fourth-order valence-electron chi connectivity index (χ4n) is 2.28. The summed E-state index contributed by atoms with van der Waals surface area (Å²) in [6, 6.07) is 19.2. The molecule has 0 amide bonds. The molecule has 5 nitrogen and oxygen atoms in total. The highest BCUT2D eigenvalue weighted by Gasteiger charge is 2.16. The monoisotopic (exact) mass is 305 g/mol. The number of aliphatic carboxylic acids is 1. The topological polar surface area (TPSA) is 68.0 Å². The number of nitrogens with zero attached hydrogens (tertiary/aromatic N) is 3. The third kappa shape index (κ3) is 3.52. The van der Waals surface area contributed by atoms with E-state index in [0.717, 1.165) is 11.1 Å². The Balaban J connectivity index is 1.99. The molecular formula is C18H15N3O2. The highest BCUT2D eigenvalue weighted by Crippen LogP contribution is 2.21. The maximum atomic E-state index is 11.2. The summed E-state index contributed by atoms with van der Waals surface area (Å²) in [7, 11) is 0. The number of rotatable bonds is 5. The predicted molar refractivity (Wildman–Crippen MR) is 88.5 cm³/mol. The Morgan fingerprint density at radius 1 is 1.04 bits per heavy atom. The summed E-state index contributed by atoms with van der Waals surface area (Å²) in [5.41, 5.74) is 3.00. The molecule has 3 rings (SSSR count). The Labute approximate surface area is 133 Å². The average Bonchev–Trinajstić information content (AvgIpc) is 2.97. The molecule has 0 spiro atoms. The summed E-state index contributed by atoms with van der Waals surface area (Å²) in [6.45, 7) is 0. The molecule has 1 heterocycles. The first kappa shape index (κ1) is 14.7. The lowest BCUT2D eigenvalue weighted by atomic mass is 10.1. The maximum Gasteiger partial charge on any atom is 0.309 e. The Morgan fingerprint density at radius 2 is 1.70 bits per heavy atom. The molecule has 0 radical (unpaired) electrons. The van der Waals surface area contributed by atoms with Crippen molar-refractivity contribution in [3.05, 3.63) is 71.9 Å². The van der Waals surface area contributed by atoms with Crippen LogP contribution in [-0.2, 0) is 11.2 Å². The standard InChI is InChI=1S/C18H15N3O2/c22-17(23)13-16-18(15-9-5-2-6-10-15)19-20-21(16)12-11-14-7-3-1-4-8-14/h1-12H,13H2,(H,22,23). The molecule has 23 heavy (non-hydrogen) atoms. The highest BCUT2D eigenvalue weighted by molar-refractivity contribution is 5.75. The molecular weight excluding hydrogens is 290 g/mol. The Kier molecular flexibility index (Phi) is 4.29. The fraction of sp³-hybridized carbons (Fsp3) is 0.0556. The number of aromatic nitrogens is 3. The van der Waals surface area contributed by atoms with Crippen LogP contribution in [0.2, 0.25) is 0 Å². The Morgan fingerprint density at radius 3 is 2.35 bits per heavy atom.